The molecular formula is C17H20N2O. The Morgan fingerprint density at radius 2 is 2.10 bits per heavy atom. The Balaban J connectivity index is 1.86. The van der Waals surface area contributed by atoms with E-state index < -0.39 is 0 Å². The fourth-order valence-electron chi connectivity index (χ4n) is 1.88. The lowest BCUT2D eigenvalue weighted by atomic mass is 10.1. The Hall–Kier alpha value is -2.13. The molecule has 0 saturated heterocycles. The summed E-state index contributed by atoms with van der Waals surface area (Å²) in [6, 6.07) is 12.4. The van der Waals surface area contributed by atoms with E-state index in [2.05, 4.69) is 42.0 Å². The zero-order valence-corrected chi connectivity index (χ0v) is 11.8. The number of hydrogen-bond acceptors (Lipinski definition) is 3. The molecule has 0 fully saturated rings. The molecule has 0 spiro atoms. The van der Waals surface area contributed by atoms with Crippen LogP contribution in [-0.4, -0.2) is 11.6 Å². The van der Waals surface area contributed by atoms with E-state index in [1.165, 1.54) is 11.1 Å². The van der Waals surface area contributed by atoms with Crippen molar-refractivity contribution in [1.82, 2.24) is 10.3 Å². The van der Waals surface area contributed by atoms with Crippen LogP contribution in [0.5, 0.6) is 5.75 Å². The topological polar surface area (TPSA) is 34.1 Å². The molecule has 0 bridgehead atoms. The highest BCUT2D eigenvalue weighted by molar-refractivity contribution is 5.27. The summed E-state index contributed by atoms with van der Waals surface area (Å²) in [6.07, 6.45) is 5.42. The SMILES string of the molecule is C=CCOc1ccc(CNC(C)c2cccnc2)cc1. The second-order valence-electron chi connectivity index (χ2n) is 4.63. The van der Waals surface area contributed by atoms with E-state index in [0.29, 0.717) is 6.61 Å². The van der Waals surface area contributed by atoms with E-state index in [9.17, 15) is 0 Å². The molecule has 0 radical (unpaired) electrons. The van der Waals surface area contributed by atoms with Gasteiger partial charge in [0.1, 0.15) is 12.4 Å². The Morgan fingerprint density at radius 3 is 2.75 bits per heavy atom. The average molecular weight is 268 g/mol. The highest BCUT2D eigenvalue weighted by Crippen LogP contribution is 2.14. The minimum Gasteiger partial charge on any atom is -0.490 e. The summed E-state index contributed by atoms with van der Waals surface area (Å²) in [5.41, 5.74) is 2.42. The molecule has 1 aromatic heterocycles. The fraction of sp³-hybridized carbons (Fsp3) is 0.235. The summed E-state index contributed by atoms with van der Waals surface area (Å²) in [5.74, 6) is 0.869. The molecule has 1 N–H and O–H groups in total. The van der Waals surface area contributed by atoms with Crippen molar-refractivity contribution in [2.75, 3.05) is 6.61 Å². The lowest BCUT2D eigenvalue weighted by Gasteiger charge is -2.14. The van der Waals surface area contributed by atoms with Gasteiger partial charge in [-0.3, -0.25) is 4.98 Å². The fourth-order valence-corrected chi connectivity index (χ4v) is 1.88. The summed E-state index contributed by atoms with van der Waals surface area (Å²) in [6.45, 7) is 7.12. The van der Waals surface area contributed by atoms with Gasteiger partial charge in [-0.2, -0.15) is 0 Å². The standard InChI is InChI=1S/C17H20N2O/c1-3-11-20-17-8-6-15(7-9-17)12-19-14(2)16-5-4-10-18-13-16/h3-10,13-14,19H,1,11-12H2,2H3. The van der Waals surface area contributed by atoms with Crippen molar-refractivity contribution in [3.8, 4) is 5.75 Å². The molecule has 1 aromatic carbocycles. The molecule has 0 aliphatic rings. The molecule has 1 atom stereocenters. The third kappa shape index (κ3) is 4.21. The van der Waals surface area contributed by atoms with Crippen molar-refractivity contribution in [2.24, 2.45) is 0 Å². The predicted molar refractivity (Wildman–Crippen MR) is 81.6 cm³/mol. The molecule has 2 rings (SSSR count). The molecule has 0 aliphatic carbocycles. The van der Waals surface area contributed by atoms with E-state index in [1.54, 1.807) is 12.3 Å². The monoisotopic (exact) mass is 268 g/mol. The minimum absolute atomic E-state index is 0.278. The van der Waals surface area contributed by atoms with Crippen molar-refractivity contribution in [3.05, 3.63) is 72.6 Å². The largest absolute Gasteiger partial charge is 0.490 e. The third-order valence-corrected chi connectivity index (χ3v) is 3.09. The van der Waals surface area contributed by atoms with Crippen LogP contribution in [0.4, 0.5) is 0 Å². The minimum atomic E-state index is 0.278. The summed E-state index contributed by atoms with van der Waals surface area (Å²) >= 11 is 0. The number of nitrogens with zero attached hydrogens (tertiary/aromatic N) is 1. The van der Waals surface area contributed by atoms with E-state index in [-0.39, 0.29) is 6.04 Å². The smallest absolute Gasteiger partial charge is 0.119 e. The maximum absolute atomic E-state index is 5.46. The lowest BCUT2D eigenvalue weighted by Crippen LogP contribution is -2.18. The van der Waals surface area contributed by atoms with Gasteiger partial charge in [0.25, 0.3) is 0 Å². The number of pyridine rings is 1. The second-order valence-corrected chi connectivity index (χ2v) is 4.63. The quantitative estimate of drug-likeness (QED) is 0.780. The van der Waals surface area contributed by atoms with Crippen LogP contribution in [0.2, 0.25) is 0 Å². The highest BCUT2D eigenvalue weighted by Gasteiger charge is 2.04. The molecule has 1 heterocycles. The predicted octanol–water partition coefficient (Wildman–Crippen LogP) is 3.50. The van der Waals surface area contributed by atoms with Crippen LogP contribution in [0.25, 0.3) is 0 Å². The first-order chi connectivity index (χ1) is 9.79. The second kappa shape index (κ2) is 7.46. The summed E-state index contributed by atoms with van der Waals surface area (Å²) in [5, 5.41) is 3.48. The van der Waals surface area contributed by atoms with Gasteiger partial charge < -0.3 is 10.1 Å². The maximum Gasteiger partial charge on any atom is 0.119 e. The zero-order valence-electron chi connectivity index (χ0n) is 11.8. The van der Waals surface area contributed by atoms with E-state index in [1.807, 2.05) is 24.4 Å². The van der Waals surface area contributed by atoms with Crippen LogP contribution in [-0.2, 0) is 6.54 Å². The Labute approximate surface area is 120 Å². The Bertz CT molecular complexity index is 522. The van der Waals surface area contributed by atoms with Crippen molar-refractivity contribution in [2.45, 2.75) is 19.5 Å². The third-order valence-electron chi connectivity index (χ3n) is 3.09. The highest BCUT2D eigenvalue weighted by atomic mass is 16.5. The van der Waals surface area contributed by atoms with E-state index in [0.717, 1.165) is 12.3 Å². The molecule has 104 valence electrons. The van der Waals surface area contributed by atoms with Crippen molar-refractivity contribution in [1.29, 1.82) is 0 Å². The first-order valence-corrected chi connectivity index (χ1v) is 6.75. The normalized spacial score (nSPS) is 11.8. The number of benzene rings is 1. The van der Waals surface area contributed by atoms with Crippen LogP contribution >= 0.6 is 0 Å². The molecule has 3 heteroatoms. The Kier molecular flexibility index (Phi) is 5.33. The number of rotatable bonds is 7. The summed E-state index contributed by atoms with van der Waals surface area (Å²) in [7, 11) is 0. The van der Waals surface area contributed by atoms with Crippen molar-refractivity contribution in [3.63, 3.8) is 0 Å². The van der Waals surface area contributed by atoms with Gasteiger partial charge >= 0.3 is 0 Å². The molecule has 2 aromatic rings. The van der Waals surface area contributed by atoms with Crippen molar-refractivity contribution >= 4 is 0 Å². The molecule has 20 heavy (non-hydrogen) atoms. The van der Waals surface area contributed by atoms with Gasteiger partial charge in [-0.1, -0.05) is 30.9 Å². The molecular weight excluding hydrogens is 248 g/mol. The van der Waals surface area contributed by atoms with Crippen LogP contribution in [0.1, 0.15) is 24.1 Å². The molecule has 1 unspecified atom stereocenters. The number of ether oxygens (including phenoxy) is 1. The van der Waals surface area contributed by atoms with Crippen LogP contribution in [0, 0.1) is 0 Å². The molecule has 3 nitrogen and oxygen atoms in total. The Morgan fingerprint density at radius 1 is 1.30 bits per heavy atom. The summed E-state index contributed by atoms with van der Waals surface area (Å²) in [4.78, 5) is 4.14. The van der Waals surface area contributed by atoms with Gasteiger partial charge in [0.2, 0.25) is 0 Å². The number of hydrogen-bond donors (Lipinski definition) is 1. The van der Waals surface area contributed by atoms with Gasteiger partial charge in [0.15, 0.2) is 0 Å². The molecule has 0 amide bonds. The first-order valence-electron chi connectivity index (χ1n) is 6.75. The summed E-state index contributed by atoms with van der Waals surface area (Å²) < 4.78 is 5.46. The zero-order chi connectivity index (χ0) is 14.2. The van der Waals surface area contributed by atoms with Gasteiger partial charge in [-0.05, 0) is 36.2 Å². The number of aromatic nitrogens is 1. The van der Waals surface area contributed by atoms with Crippen molar-refractivity contribution < 1.29 is 4.74 Å². The van der Waals surface area contributed by atoms with Crippen LogP contribution in [0.15, 0.2) is 61.4 Å². The van der Waals surface area contributed by atoms with E-state index in [4.69, 9.17) is 4.74 Å². The first kappa shape index (κ1) is 14.3. The van der Waals surface area contributed by atoms with Gasteiger partial charge in [-0.25, -0.2) is 0 Å². The number of nitrogens with one attached hydrogen (secondary N) is 1. The average Bonchev–Trinajstić information content (AvgIpc) is 2.52. The molecule has 0 saturated carbocycles. The van der Waals surface area contributed by atoms with Crippen LogP contribution in [0.3, 0.4) is 0 Å². The van der Waals surface area contributed by atoms with Gasteiger partial charge in [0, 0.05) is 25.0 Å². The van der Waals surface area contributed by atoms with E-state index >= 15 is 0 Å². The maximum atomic E-state index is 5.46. The molecule has 0 aliphatic heterocycles. The lowest BCUT2D eigenvalue weighted by molar-refractivity contribution is 0.363. The van der Waals surface area contributed by atoms with Gasteiger partial charge in [0.05, 0.1) is 0 Å². The van der Waals surface area contributed by atoms with Crippen LogP contribution < -0.4 is 10.1 Å². The van der Waals surface area contributed by atoms with Gasteiger partial charge in [-0.15, -0.1) is 0 Å².